The van der Waals surface area contributed by atoms with Gasteiger partial charge in [0.2, 0.25) is 0 Å². The molecule has 1 nitrogen and oxygen atoms in total. The molecule has 0 aromatic carbocycles. The molecular formula is C9H19N. The van der Waals surface area contributed by atoms with Gasteiger partial charge in [0, 0.05) is 12.6 Å². The van der Waals surface area contributed by atoms with Gasteiger partial charge in [0.25, 0.3) is 0 Å². The van der Waals surface area contributed by atoms with E-state index in [1.165, 1.54) is 13.1 Å². The Morgan fingerprint density at radius 2 is 2.10 bits per heavy atom. The van der Waals surface area contributed by atoms with E-state index in [0.29, 0.717) is 0 Å². The van der Waals surface area contributed by atoms with Crippen molar-refractivity contribution < 1.29 is 0 Å². The molecule has 1 saturated heterocycles. The van der Waals surface area contributed by atoms with Crippen LogP contribution >= 0.6 is 0 Å². The van der Waals surface area contributed by atoms with Crippen LogP contribution in [-0.2, 0) is 0 Å². The van der Waals surface area contributed by atoms with Crippen LogP contribution in [0.15, 0.2) is 0 Å². The van der Waals surface area contributed by atoms with Gasteiger partial charge in [-0.15, -0.1) is 0 Å². The summed E-state index contributed by atoms with van der Waals surface area (Å²) in [6, 6.07) is 0.838. The van der Waals surface area contributed by atoms with Crippen molar-refractivity contribution >= 4 is 0 Å². The Kier molecular flexibility index (Phi) is 2.35. The van der Waals surface area contributed by atoms with Crippen molar-refractivity contribution in [2.45, 2.75) is 33.7 Å². The molecule has 1 fully saturated rings. The van der Waals surface area contributed by atoms with Crippen molar-refractivity contribution in [1.29, 1.82) is 0 Å². The monoisotopic (exact) mass is 141 g/mol. The van der Waals surface area contributed by atoms with E-state index in [-0.39, 0.29) is 0 Å². The predicted octanol–water partition coefficient (Wildman–Crippen LogP) is 1.98. The van der Waals surface area contributed by atoms with E-state index >= 15 is 0 Å². The molecule has 0 spiro atoms. The van der Waals surface area contributed by atoms with E-state index in [4.69, 9.17) is 0 Å². The fourth-order valence-corrected chi connectivity index (χ4v) is 1.91. The standard InChI is InChI=1S/C9H19N/c1-5-10-6-9(7(2)3)8(10)4/h7-9H,5-6H2,1-4H3. The molecular weight excluding hydrogens is 122 g/mol. The van der Waals surface area contributed by atoms with Crippen molar-refractivity contribution in [3.63, 3.8) is 0 Å². The van der Waals surface area contributed by atoms with E-state index in [0.717, 1.165) is 17.9 Å². The van der Waals surface area contributed by atoms with Gasteiger partial charge in [0.05, 0.1) is 0 Å². The molecule has 0 saturated carbocycles. The quantitative estimate of drug-likeness (QED) is 0.568. The number of likely N-dealkylation sites (tertiary alicyclic amines) is 1. The zero-order valence-corrected chi connectivity index (χ0v) is 7.59. The summed E-state index contributed by atoms with van der Waals surface area (Å²) in [6.07, 6.45) is 0. The normalized spacial score (nSPS) is 34.5. The summed E-state index contributed by atoms with van der Waals surface area (Å²) in [6.45, 7) is 11.8. The van der Waals surface area contributed by atoms with Gasteiger partial charge in [-0.2, -0.15) is 0 Å². The minimum atomic E-state index is 0.838. The van der Waals surface area contributed by atoms with Crippen LogP contribution in [0, 0.1) is 11.8 Å². The van der Waals surface area contributed by atoms with Crippen LogP contribution < -0.4 is 0 Å². The molecule has 10 heavy (non-hydrogen) atoms. The summed E-state index contributed by atoms with van der Waals surface area (Å²) in [5, 5.41) is 0. The second-order valence-corrected chi connectivity index (χ2v) is 3.74. The zero-order valence-electron chi connectivity index (χ0n) is 7.59. The Hall–Kier alpha value is -0.0400. The second-order valence-electron chi connectivity index (χ2n) is 3.74. The number of hydrogen-bond acceptors (Lipinski definition) is 1. The summed E-state index contributed by atoms with van der Waals surface area (Å²) in [5.41, 5.74) is 0. The summed E-state index contributed by atoms with van der Waals surface area (Å²) >= 11 is 0. The van der Waals surface area contributed by atoms with Gasteiger partial charge in [-0.05, 0) is 25.3 Å². The van der Waals surface area contributed by atoms with E-state index < -0.39 is 0 Å². The van der Waals surface area contributed by atoms with Crippen molar-refractivity contribution in [2.75, 3.05) is 13.1 Å². The first kappa shape index (κ1) is 8.06. The van der Waals surface area contributed by atoms with Crippen molar-refractivity contribution in [3.8, 4) is 0 Å². The highest BCUT2D eigenvalue weighted by molar-refractivity contribution is 4.89. The Balaban J connectivity index is 2.31. The van der Waals surface area contributed by atoms with Crippen LogP contribution in [0.1, 0.15) is 27.7 Å². The SMILES string of the molecule is CCN1CC(C(C)C)C1C. The van der Waals surface area contributed by atoms with Crippen LogP contribution in [0.2, 0.25) is 0 Å². The molecule has 1 rings (SSSR count). The fraction of sp³-hybridized carbons (Fsp3) is 1.00. The van der Waals surface area contributed by atoms with Crippen LogP contribution in [0.3, 0.4) is 0 Å². The maximum Gasteiger partial charge on any atom is 0.0110 e. The van der Waals surface area contributed by atoms with Crippen molar-refractivity contribution in [1.82, 2.24) is 4.90 Å². The van der Waals surface area contributed by atoms with Gasteiger partial charge in [0.15, 0.2) is 0 Å². The average molecular weight is 141 g/mol. The first-order valence-electron chi connectivity index (χ1n) is 4.40. The second kappa shape index (κ2) is 2.91. The van der Waals surface area contributed by atoms with Crippen LogP contribution in [0.5, 0.6) is 0 Å². The summed E-state index contributed by atoms with van der Waals surface area (Å²) in [5.74, 6) is 1.83. The molecule has 60 valence electrons. The van der Waals surface area contributed by atoms with E-state index in [1.54, 1.807) is 0 Å². The molecule has 0 amide bonds. The Morgan fingerprint density at radius 1 is 1.50 bits per heavy atom. The highest BCUT2D eigenvalue weighted by Gasteiger charge is 2.35. The summed E-state index contributed by atoms with van der Waals surface area (Å²) in [4.78, 5) is 2.53. The highest BCUT2D eigenvalue weighted by Crippen LogP contribution is 2.29. The molecule has 1 heteroatoms. The van der Waals surface area contributed by atoms with E-state index in [2.05, 4.69) is 32.6 Å². The Morgan fingerprint density at radius 3 is 2.40 bits per heavy atom. The molecule has 1 aliphatic heterocycles. The van der Waals surface area contributed by atoms with Crippen LogP contribution in [0.4, 0.5) is 0 Å². The lowest BCUT2D eigenvalue weighted by atomic mass is 9.81. The molecule has 0 aliphatic carbocycles. The minimum absolute atomic E-state index is 0.838. The molecule has 1 heterocycles. The first-order valence-corrected chi connectivity index (χ1v) is 4.40. The number of rotatable bonds is 2. The fourth-order valence-electron chi connectivity index (χ4n) is 1.91. The van der Waals surface area contributed by atoms with Crippen LogP contribution in [0.25, 0.3) is 0 Å². The zero-order chi connectivity index (χ0) is 7.72. The third-order valence-electron chi connectivity index (χ3n) is 2.90. The molecule has 0 N–H and O–H groups in total. The summed E-state index contributed by atoms with van der Waals surface area (Å²) < 4.78 is 0. The molecule has 0 bridgehead atoms. The molecule has 0 aromatic rings. The van der Waals surface area contributed by atoms with Gasteiger partial charge in [-0.3, -0.25) is 0 Å². The third-order valence-corrected chi connectivity index (χ3v) is 2.90. The molecule has 2 atom stereocenters. The number of hydrogen-bond donors (Lipinski definition) is 0. The molecule has 1 aliphatic rings. The maximum absolute atomic E-state index is 2.53. The average Bonchev–Trinajstić information content (AvgIpc) is 1.85. The lowest BCUT2D eigenvalue weighted by molar-refractivity contribution is 0.00516. The van der Waals surface area contributed by atoms with Gasteiger partial charge in [-0.25, -0.2) is 0 Å². The predicted molar refractivity (Wildman–Crippen MR) is 45.0 cm³/mol. The molecule has 0 radical (unpaired) electrons. The van der Waals surface area contributed by atoms with Crippen molar-refractivity contribution in [2.24, 2.45) is 11.8 Å². The first-order chi connectivity index (χ1) is 4.66. The van der Waals surface area contributed by atoms with Gasteiger partial charge in [0.1, 0.15) is 0 Å². The lowest BCUT2D eigenvalue weighted by Gasteiger charge is -2.48. The van der Waals surface area contributed by atoms with E-state index in [9.17, 15) is 0 Å². The maximum atomic E-state index is 2.53. The summed E-state index contributed by atoms with van der Waals surface area (Å²) in [7, 11) is 0. The topological polar surface area (TPSA) is 3.24 Å². The smallest absolute Gasteiger partial charge is 0.0110 e. The largest absolute Gasteiger partial charge is 0.300 e. The van der Waals surface area contributed by atoms with Crippen LogP contribution in [-0.4, -0.2) is 24.0 Å². The van der Waals surface area contributed by atoms with Crippen molar-refractivity contribution in [3.05, 3.63) is 0 Å². The highest BCUT2D eigenvalue weighted by atomic mass is 15.2. The van der Waals surface area contributed by atoms with E-state index in [1.807, 2.05) is 0 Å². The Bertz CT molecular complexity index is 109. The van der Waals surface area contributed by atoms with Gasteiger partial charge in [-0.1, -0.05) is 20.8 Å². The molecule has 0 aromatic heterocycles. The number of nitrogens with zero attached hydrogens (tertiary/aromatic N) is 1. The third kappa shape index (κ3) is 1.20. The van der Waals surface area contributed by atoms with Gasteiger partial charge >= 0.3 is 0 Å². The lowest BCUT2D eigenvalue weighted by Crippen LogP contribution is -2.56. The Labute approximate surface area is 64.4 Å². The molecule has 2 unspecified atom stereocenters. The van der Waals surface area contributed by atoms with Gasteiger partial charge < -0.3 is 4.90 Å². The minimum Gasteiger partial charge on any atom is -0.300 e.